The van der Waals surface area contributed by atoms with Gasteiger partial charge in [0.05, 0.1) is 0 Å². The molecule has 3 rings (SSSR count). The Kier molecular flexibility index (Phi) is 9.37. The molecule has 1 unspecified atom stereocenters. The van der Waals surface area contributed by atoms with Gasteiger partial charge in [-0.2, -0.15) is 0 Å². The highest BCUT2D eigenvalue weighted by Crippen LogP contribution is 2.27. The molecule has 7 heteroatoms. The molecule has 0 aliphatic heterocycles. The molecule has 0 fully saturated rings. The maximum atomic E-state index is 13.5. The van der Waals surface area contributed by atoms with Crippen molar-refractivity contribution in [3.8, 4) is 5.75 Å². The summed E-state index contributed by atoms with van der Waals surface area (Å²) in [6.07, 6.45) is 0.338. The van der Waals surface area contributed by atoms with Crippen LogP contribution in [-0.4, -0.2) is 35.9 Å². The number of rotatable bonds is 10. The molecular formula is C27H28Cl2N2O3. The topological polar surface area (TPSA) is 58.6 Å². The fourth-order valence-electron chi connectivity index (χ4n) is 3.63. The zero-order valence-electron chi connectivity index (χ0n) is 19.3. The summed E-state index contributed by atoms with van der Waals surface area (Å²) in [4.78, 5) is 28.2. The number of aryl methyl sites for hydroxylation is 1. The number of nitrogens with zero attached hydrogens (tertiary/aromatic N) is 1. The molecule has 0 aromatic heterocycles. The molecule has 1 atom stereocenters. The summed E-state index contributed by atoms with van der Waals surface area (Å²) in [5.41, 5.74) is 2.53. The van der Waals surface area contributed by atoms with Crippen molar-refractivity contribution in [1.29, 1.82) is 0 Å². The second-order valence-corrected chi connectivity index (χ2v) is 8.74. The SMILES string of the molecule is CCNC(=O)C(Cc1ccccc1)N(Cc1c(Cl)cccc1Cl)C(=O)COc1cccc(C)c1. The van der Waals surface area contributed by atoms with E-state index in [1.807, 2.05) is 62.4 Å². The molecule has 5 nitrogen and oxygen atoms in total. The zero-order chi connectivity index (χ0) is 24.5. The van der Waals surface area contributed by atoms with Crippen molar-refractivity contribution in [3.05, 3.63) is 99.5 Å². The summed E-state index contributed by atoms with van der Waals surface area (Å²) in [7, 11) is 0. The summed E-state index contributed by atoms with van der Waals surface area (Å²) in [6, 6.07) is 21.4. The van der Waals surface area contributed by atoms with Crippen LogP contribution in [0, 0.1) is 6.92 Å². The van der Waals surface area contributed by atoms with Crippen LogP contribution in [-0.2, 0) is 22.6 Å². The maximum Gasteiger partial charge on any atom is 0.261 e. The Bertz CT molecular complexity index is 1100. The predicted molar refractivity (Wildman–Crippen MR) is 136 cm³/mol. The minimum Gasteiger partial charge on any atom is -0.484 e. The highest BCUT2D eigenvalue weighted by atomic mass is 35.5. The smallest absolute Gasteiger partial charge is 0.261 e. The summed E-state index contributed by atoms with van der Waals surface area (Å²) in [6.45, 7) is 4.08. The van der Waals surface area contributed by atoms with Crippen LogP contribution in [0.1, 0.15) is 23.6 Å². The van der Waals surface area contributed by atoms with E-state index in [2.05, 4.69) is 5.32 Å². The van der Waals surface area contributed by atoms with E-state index in [9.17, 15) is 9.59 Å². The molecule has 0 bridgehead atoms. The lowest BCUT2D eigenvalue weighted by Gasteiger charge is -2.32. The van der Waals surface area contributed by atoms with Crippen LogP contribution in [0.25, 0.3) is 0 Å². The second-order valence-electron chi connectivity index (χ2n) is 7.93. The largest absolute Gasteiger partial charge is 0.484 e. The number of amides is 2. The van der Waals surface area contributed by atoms with E-state index >= 15 is 0 Å². The average molecular weight is 499 g/mol. The van der Waals surface area contributed by atoms with Crippen LogP contribution in [0.15, 0.2) is 72.8 Å². The highest BCUT2D eigenvalue weighted by Gasteiger charge is 2.31. The normalized spacial score (nSPS) is 11.5. The molecule has 0 spiro atoms. The lowest BCUT2D eigenvalue weighted by Crippen LogP contribution is -2.51. The van der Waals surface area contributed by atoms with Gasteiger partial charge in [0.15, 0.2) is 6.61 Å². The van der Waals surface area contributed by atoms with Gasteiger partial charge in [-0.15, -0.1) is 0 Å². The first-order chi connectivity index (χ1) is 16.4. The first-order valence-electron chi connectivity index (χ1n) is 11.1. The summed E-state index contributed by atoms with van der Waals surface area (Å²) < 4.78 is 5.78. The number of nitrogens with one attached hydrogen (secondary N) is 1. The summed E-state index contributed by atoms with van der Waals surface area (Å²) >= 11 is 12.8. The van der Waals surface area contributed by atoms with Crippen molar-refractivity contribution in [2.24, 2.45) is 0 Å². The Morgan fingerprint density at radius 1 is 0.971 bits per heavy atom. The van der Waals surface area contributed by atoms with Crippen molar-refractivity contribution < 1.29 is 14.3 Å². The van der Waals surface area contributed by atoms with Crippen molar-refractivity contribution in [2.45, 2.75) is 32.9 Å². The van der Waals surface area contributed by atoms with E-state index in [4.69, 9.17) is 27.9 Å². The molecule has 0 heterocycles. The van der Waals surface area contributed by atoms with Gasteiger partial charge in [-0.05, 0) is 49.2 Å². The van der Waals surface area contributed by atoms with Gasteiger partial charge in [-0.1, -0.05) is 71.7 Å². The van der Waals surface area contributed by atoms with Gasteiger partial charge in [-0.3, -0.25) is 9.59 Å². The van der Waals surface area contributed by atoms with E-state index in [0.717, 1.165) is 11.1 Å². The first-order valence-corrected chi connectivity index (χ1v) is 11.9. The van der Waals surface area contributed by atoms with E-state index in [0.29, 0.717) is 34.3 Å². The van der Waals surface area contributed by atoms with E-state index < -0.39 is 6.04 Å². The maximum absolute atomic E-state index is 13.5. The van der Waals surface area contributed by atoms with E-state index in [1.54, 1.807) is 24.3 Å². The molecule has 0 saturated heterocycles. The predicted octanol–water partition coefficient (Wildman–Crippen LogP) is 5.46. The van der Waals surface area contributed by atoms with Gasteiger partial charge in [0.25, 0.3) is 5.91 Å². The molecule has 1 N–H and O–H groups in total. The molecule has 0 saturated carbocycles. The number of likely N-dealkylation sites (N-methyl/N-ethyl adjacent to an activating group) is 1. The van der Waals surface area contributed by atoms with Gasteiger partial charge in [-0.25, -0.2) is 0 Å². The van der Waals surface area contributed by atoms with Crippen LogP contribution in [0.2, 0.25) is 10.0 Å². The Morgan fingerprint density at radius 3 is 2.29 bits per heavy atom. The van der Waals surface area contributed by atoms with Crippen molar-refractivity contribution in [1.82, 2.24) is 10.2 Å². The molecule has 0 radical (unpaired) electrons. The Labute approximate surface area is 210 Å². The molecule has 2 amide bonds. The van der Waals surface area contributed by atoms with Crippen LogP contribution in [0.5, 0.6) is 5.75 Å². The van der Waals surface area contributed by atoms with Crippen molar-refractivity contribution in [2.75, 3.05) is 13.2 Å². The Morgan fingerprint density at radius 2 is 1.65 bits per heavy atom. The van der Waals surface area contributed by atoms with Crippen LogP contribution in [0.4, 0.5) is 0 Å². The zero-order valence-corrected chi connectivity index (χ0v) is 20.8. The van der Waals surface area contributed by atoms with E-state index in [-0.39, 0.29) is 25.0 Å². The third-order valence-corrected chi connectivity index (χ3v) is 6.07. The lowest BCUT2D eigenvalue weighted by molar-refractivity contribution is -0.142. The quantitative estimate of drug-likeness (QED) is 0.403. The minimum atomic E-state index is -0.775. The van der Waals surface area contributed by atoms with Gasteiger partial charge in [0.1, 0.15) is 11.8 Å². The van der Waals surface area contributed by atoms with E-state index in [1.165, 1.54) is 4.90 Å². The standard InChI is InChI=1S/C27H28Cl2N2O3/c1-3-30-27(33)25(16-20-10-5-4-6-11-20)31(17-22-23(28)13-8-14-24(22)29)26(32)18-34-21-12-7-9-19(2)15-21/h4-15,25H,3,16-18H2,1-2H3,(H,30,33). The average Bonchev–Trinajstić information content (AvgIpc) is 2.82. The number of carbonyl (C=O) groups is 2. The number of benzene rings is 3. The number of hydrogen-bond donors (Lipinski definition) is 1. The molecule has 0 aliphatic carbocycles. The summed E-state index contributed by atoms with van der Waals surface area (Å²) in [5.74, 6) is -0.00944. The van der Waals surface area contributed by atoms with Gasteiger partial charge < -0.3 is 15.0 Å². The third kappa shape index (κ3) is 6.99. The number of carbonyl (C=O) groups excluding carboxylic acids is 2. The molecular weight excluding hydrogens is 471 g/mol. The van der Waals surface area contributed by atoms with Crippen LogP contribution >= 0.6 is 23.2 Å². The Balaban J connectivity index is 1.94. The minimum absolute atomic E-state index is 0.0726. The van der Waals surface area contributed by atoms with Crippen LogP contribution < -0.4 is 10.1 Å². The van der Waals surface area contributed by atoms with Crippen molar-refractivity contribution in [3.63, 3.8) is 0 Å². The molecule has 178 valence electrons. The number of halogens is 2. The van der Waals surface area contributed by atoms with Gasteiger partial charge >= 0.3 is 0 Å². The van der Waals surface area contributed by atoms with Crippen molar-refractivity contribution >= 4 is 35.0 Å². The second kappa shape index (κ2) is 12.4. The fourth-order valence-corrected chi connectivity index (χ4v) is 4.15. The lowest BCUT2D eigenvalue weighted by atomic mass is 10.0. The highest BCUT2D eigenvalue weighted by molar-refractivity contribution is 6.36. The monoisotopic (exact) mass is 498 g/mol. The fraction of sp³-hybridized carbons (Fsp3) is 0.259. The van der Waals surface area contributed by atoms with Gasteiger partial charge in [0.2, 0.25) is 5.91 Å². The summed E-state index contributed by atoms with van der Waals surface area (Å²) in [5, 5.41) is 3.72. The van der Waals surface area contributed by atoms with Gasteiger partial charge in [0, 0.05) is 35.1 Å². The molecule has 34 heavy (non-hydrogen) atoms. The Hall–Kier alpha value is -3.02. The first kappa shape index (κ1) is 25.6. The number of hydrogen-bond acceptors (Lipinski definition) is 3. The molecule has 3 aromatic rings. The van der Waals surface area contributed by atoms with Crippen LogP contribution in [0.3, 0.4) is 0 Å². The number of ether oxygens (including phenoxy) is 1. The molecule has 0 aliphatic rings. The third-order valence-electron chi connectivity index (χ3n) is 5.36. The molecule has 3 aromatic carbocycles.